The number of anilines is 1. The minimum atomic E-state index is -3.71. The summed E-state index contributed by atoms with van der Waals surface area (Å²) in [5, 5.41) is 10.6. The van der Waals surface area contributed by atoms with Gasteiger partial charge in [0.15, 0.2) is 5.16 Å². The zero-order valence-corrected chi connectivity index (χ0v) is 16.5. The molecule has 25 heavy (non-hydrogen) atoms. The summed E-state index contributed by atoms with van der Waals surface area (Å²) in [6.45, 7) is 1.72. The SMILES string of the molecule is C[C@H](Sc1nncn1C)C(=O)Nc1ccc(Cl)c(S(=O)(=O)N(C)C)c1. The Labute approximate surface area is 155 Å². The molecule has 1 atom stereocenters. The lowest BCUT2D eigenvalue weighted by atomic mass is 10.3. The molecular weight excluding hydrogens is 386 g/mol. The van der Waals surface area contributed by atoms with E-state index in [2.05, 4.69) is 15.5 Å². The van der Waals surface area contributed by atoms with Crippen LogP contribution in [0.5, 0.6) is 0 Å². The second-order valence-corrected chi connectivity index (χ2v) is 9.24. The van der Waals surface area contributed by atoms with Gasteiger partial charge in [0, 0.05) is 26.8 Å². The molecule has 1 aromatic heterocycles. The number of amides is 1. The quantitative estimate of drug-likeness (QED) is 0.739. The van der Waals surface area contributed by atoms with Crippen LogP contribution in [-0.4, -0.2) is 52.7 Å². The van der Waals surface area contributed by atoms with Crippen molar-refractivity contribution in [3.63, 3.8) is 0 Å². The second kappa shape index (κ2) is 7.73. The molecule has 2 aromatic rings. The van der Waals surface area contributed by atoms with Crippen LogP contribution in [0.1, 0.15) is 6.92 Å². The number of aryl methyl sites for hydroxylation is 1. The summed E-state index contributed by atoms with van der Waals surface area (Å²) in [6.07, 6.45) is 1.55. The normalized spacial score (nSPS) is 13.0. The Morgan fingerprint density at radius 3 is 2.64 bits per heavy atom. The van der Waals surface area contributed by atoms with Crippen molar-refractivity contribution in [1.82, 2.24) is 19.1 Å². The van der Waals surface area contributed by atoms with Crippen molar-refractivity contribution in [2.75, 3.05) is 19.4 Å². The van der Waals surface area contributed by atoms with Gasteiger partial charge in [-0.15, -0.1) is 10.2 Å². The first-order chi connectivity index (χ1) is 11.6. The molecule has 1 amide bonds. The molecule has 1 N–H and O–H groups in total. The van der Waals surface area contributed by atoms with E-state index in [9.17, 15) is 13.2 Å². The maximum atomic E-state index is 12.3. The Morgan fingerprint density at radius 2 is 2.08 bits per heavy atom. The van der Waals surface area contributed by atoms with Gasteiger partial charge in [0.1, 0.15) is 11.2 Å². The van der Waals surface area contributed by atoms with Crippen LogP contribution < -0.4 is 5.32 Å². The van der Waals surface area contributed by atoms with Crippen LogP contribution in [0.15, 0.2) is 34.6 Å². The summed E-state index contributed by atoms with van der Waals surface area (Å²) in [6, 6.07) is 4.33. The van der Waals surface area contributed by atoms with Crippen LogP contribution in [0, 0.1) is 0 Å². The van der Waals surface area contributed by atoms with Gasteiger partial charge in [-0.1, -0.05) is 23.4 Å². The third-order valence-electron chi connectivity index (χ3n) is 3.28. The van der Waals surface area contributed by atoms with Gasteiger partial charge in [-0.05, 0) is 25.1 Å². The summed E-state index contributed by atoms with van der Waals surface area (Å²) < 4.78 is 27.3. The molecule has 0 saturated carbocycles. The van der Waals surface area contributed by atoms with Crippen LogP contribution in [-0.2, 0) is 21.9 Å². The summed E-state index contributed by atoms with van der Waals surface area (Å²) in [5.41, 5.74) is 0.347. The number of hydrogen-bond acceptors (Lipinski definition) is 6. The van der Waals surface area contributed by atoms with E-state index >= 15 is 0 Å². The Hall–Kier alpha value is -1.62. The number of rotatable bonds is 6. The molecule has 0 saturated heterocycles. The summed E-state index contributed by atoms with van der Waals surface area (Å²) >= 11 is 7.24. The van der Waals surface area contributed by atoms with Crippen LogP contribution in [0.3, 0.4) is 0 Å². The summed E-state index contributed by atoms with van der Waals surface area (Å²) in [5.74, 6) is -0.288. The molecule has 8 nitrogen and oxygen atoms in total. The Bertz CT molecular complexity index is 882. The predicted octanol–water partition coefficient (Wildman–Crippen LogP) is 1.84. The fourth-order valence-corrected chi connectivity index (χ4v) is 3.99. The molecule has 0 aliphatic rings. The van der Waals surface area contributed by atoms with E-state index in [1.165, 1.54) is 38.0 Å². The molecule has 2 rings (SSSR count). The number of nitrogens with one attached hydrogen (secondary N) is 1. The third-order valence-corrected chi connectivity index (χ3v) is 6.72. The van der Waals surface area contributed by atoms with Gasteiger partial charge in [-0.2, -0.15) is 0 Å². The lowest BCUT2D eigenvalue weighted by Crippen LogP contribution is -2.24. The monoisotopic (exact) mass is 403 g/mol. The van der Waals surface area contributed by atoms with E-state index in [0.29, 0.717) is 10.8 Å². The second-order valence-electron chi connectivity index (χ2n) is 5.41. The van der Waals surface area contributed by atoms with Crippen LogP contribution >= 0.6 is 23.4 Å². The van der Waals surface area contributed by atoms with Gasteiger partial charge in [0.05, 0.1) is 10.3 Å². The number of sulfonamides is 1. The van der Waals surface area contributed by atoms with Crippen molar-refractivity contribution < 1.29 is 13.2 Å². The lowest BCUT2D eigenvalue weighted by Gasteiger charge is -2.15. The number of thioether (sulfide) groups is 1. The van der Waals surface area contributed by atoms with E-state index in [1.807, 2.05) is 0 Å². The van der Waals surface area contributed by atoms with Crippen LogP contribution in [0.25, 0.3) is 0 Å². The lowest BCUT2D eigenvalue weighted by molar-refractivity contribution is -0.115. The highest BCUT2D eigenvalue weighted by atomic mass is 35.5. The first kappa shape index (κ1) is 19.7. The smallest absolute Gasteiger partial charge is 0.244 e. The number of benzene rings is 1. The van der Waals surface area contributed by atoms with Crippen molar-refractivity contribution in [1.29, 1.82) is 0 Å². The van der Waals surface area contributed by atoms with Crippen molar-refractivity contribution in [3.8, 4) is 0 Å². The van der Waals surface area contributed by atoms with Gasteiger partial charge >= 0.3 is 0 Å². The molecule has 0 aliphatic heterocycles. The molecule has 1 heterocycles. The minimum Gasteiger partial charge on any atom is -0.325 e. The number of carbonyl (C=O) groups excluding carboxylic acids is 1. The molecular formula is C14H18ClN5O3S2. The molecule has 0 fully saturated rings. The summed E-state index contributed by atoms with van der Waals surface area (Å²) in [7, 11) is 0.899. The first-order valence-electron chi connectivity index (χ1n) is 7.16. The molecule has 0 unspecified atom stereocenters. The number of halogens is 1. The zero-order chi connectivity index (χ0) is 18.8. The Morgan fingerprint density at radius 1 is 1.40 bits per heavy atom. The standard InChI is InChI=1S/C14H18ClN5O3S2/c1-9(24-14-18-16-8-20(14)4)13(21)17-10-5-6-11(15)12(7-10)25(22,23)19(2)3/h5-9H,1-4H3,(H,17,21)/t9-/m0/s1. The molecule has 0 aliphatic carbocycles. The zero-order valence-electron chi connectivity index (χ0n) is 14.1. The highest BCUT2D eigenvalue weighted by Gasteiger charge is 2.22. The van der Waals surface area contributed by atoms with Crippen molar-refractivity contribution in [2.24, 2.45) is 7.05 Å². The molecule has 0 spiro atoms. The average molecular weight is 404 g/mol. The van der Waals surface area contributed by atoms with E-state index < -0.39 is 15.3 Å². The van der Waals surface area contributed by atoms with Gasteiger partial charge in [0.25, 0.3) is 0 Å². The van der Waals surface area contributed by atoms with Crippen molar-refractivity contribution in [3.05, 3.63) is 29.5 Å². The number of carbonyl (C=O) groups is 1. The predicted molar refractivity (Wildman–Crippen MR) is 97.3 cm³/mol. The summed E-state index contributed by atoms with van der Waals surface area (Å²) in [4.78, 5) is 12.3. The number of nitrogens with zero attached hydrogens (tertiary/aromatic N) is 4. The van der Waals surface area contributed by atoms with E-state index in [4.69, 9.17) is 11.6 Å². The van der Waals surface area contributed by atoms with E-state index in [0.717, 1.165) is 4.31 Å². The fourth-order valence-electron chi connectivity index (χ4n) is 1.81. The van der Waals surface area contributed by atoms with Gasteiger partial charge in [-0.3, -0.25) is 4.79 Å². The molecule has 136 valence electrons. The van der Waals surface area contributed by atoms with E-state index in [1.54, 1.807) is 30.9 Å². The first-order valence-corrected chi connectivity index (χ1v) is 9.86. The molecule has 0 bridgehead atoms. The van der Waals surface area contributed by atoms with E-state index in [-0.39, 0.29) is 15.8 Å². The number of aromatic nitrogens is 3. The molecule has 1 aromatic carbocycles. The third kappa shape index (κ3) is 4.51. The maximum absolute atomic E-state index is 12.3. The largest absolute Gasteiger partial charge is 0.325 e. The van der Waals surface area contributed by atoms with Gasteiger partial charge in [-0.25, -0.2) is 12.7 Å². The van der Waals surface area contributed by atoms with Crippen LogP contribution in [0.4, 0.5) is 5.69 Å². The Balaban J connectivity index is 2.17. The Kier molecular flexibility index (Phi) is 6.09. The minimum absolute atomic E-state index is 0.0643. The van der Waals surface area contributed by atoms with Gasteiger partial charge < -0.3 is 9.88 Å². The highest BCUT2D eigenvalue weighted by Crippen LogP contribution is 2.28. The number of hydrogen-bond donors (Lipinski definition) is 1. The maximum Gasteiger partial charge on any atom is 0.244 e. The molecule has 11 heteroatoms. The van der Waals surface area contributed by atoms with Crippen LogP contribution in [0.2, 0.25) is 5.02 Å². The molecule has 0 radical (unpaired) electrons. The van der Waals surface area contributed by atoms with Crippen molar-refractivity contribution >= 4 is 45.0 Å². The average Bonchev–Trinajstić information content (AvgIpc) is 2.93. The van der Waals surface area contributed by atoms with Crippen molar-refractivity contribution in [2.45, 2.75) is 22.2 Å². The fraction of sp³-hybridized carbons (Fsp3) is 0.357. The highest BCUT2D eigenvalue weighted by molar-refractivity contribution is 8.00. The topological polar surface area (TPSA) is 97.2 Å². The van der Waals surface area contributed by atoms with Gasteiger partial charge in [0.2, 0.25) is 15.9 Å².